The molecule has 1 aliphatic rings. The summed E-state index contributed by atoms with van der Waals surface area (Å²) < 4.78 is 26.9. The summed E-state index contributed by atoms with van der Waals surface area (Å²) in [5, 5.41) is 5.27. The lowest BCUT2D eigenvalue weighted by molar-refractivity contribution is 0.310. The van der Waals surface area contributed by atoms with Gasteiger partial charge in [-0.2, -0.15) is 4.31 Å². The molecule has 1 fully saturated rings. The Morgan fingerprint density at radius 2 is 1.90 bits per heavy atom. The highest BCUT2D eigenvalue weighted by Gasteiger charge is 2.28. The van der Waals surface area contributed by atoms with Crippen LogP contribution in [0.15, 0.2) is 47.4 Å². The Morgan fingerprint density at radius 1 is 1.15 bits per heavy atom. The molecule has 20 heavy (non-hydrogen) atoms. The predicted octanol–water partition coefficient (Wildman–Crippen LogP) is 1.82. The largest absolute Gasteiger partial charge is 0.312 e. The molecule has 2 aromatic carbocycles. The van der Waals surface area contributed by atoms with Crippen molar-refractivity contribution in [2.24, 2.45) is 0 Å². The summed E-state index contributed by atoms with van der Waals surface area (Å²) in [6, 6.07) is 13.3. The molecule has 1 atom stereocenters. The molecule has 0 bridgehead atoms. The van der Waals surface area contributed by atoms with E-state index in [-0.39, 0.29) is 6.04 Å². The summed E-state index contributed by atoms with van der Waals surface area (Å²) in [5.41, 5.74) is 0. The van der Waals surface area contributed by atoms with E-state index < -0.39 is 10.0 Å². The average Bonchev–Trinajstić information content (AvgIpc) is 2.46. The molecule has 5 heteroatoms. The van der Waals surface area contributed by atoms with Gasteiger partial charge in [-0.25, -0.2) is 8.42 Å². The lowest BCUT2D eigenvalue weighted by Gasteiger charge is -2.31. The monoisotopic (exact) mass is 290 g/mol. The predicted molar refractivity (Wildman–Crippen MR) is 80.2 cm³/mol. The van der Waals surface area contributed by atoms with E-state index >= 15 is 0 Å². The maximum absolute atomic E-state index is 12.7. The maximum atomic E-state index is 12.7. The van der Waals surface area contributed by atoms with Gasteiger partial charge in [0.2, 0.25) is 10.0 Å². The summed E-state index contributed by atoms with van der Waals surface area (Å²) >= 11 is 0. The van der Waals surface area contributed by atoms with Crippen LogP contribution in [0.25, 0.3) is 10.8 Å². The molecule has 1 saturated heterocycles. The molecule has 106 valence electrons. The number of sulfonamides is 1. The van der Waals surface area contributed by atoms with Gasteiger partial charge in [0.15, 0.2) is 0 Å². The molecule has 0 radical (unpaired) electrons. The van der Waals surface area contributed by atoms with Gasteiger partial charge in [-0.1, -0.05) is 30.3 Å². The van der Waals surface area contributed by atoms with Crippen molar-refractivity contribution >= 4 is 20.8 Å². The zero-order valence-corrected chi connectivity index (χ0v) is 12.2. The number of fused-ring (bicyclic) bond motifs is 1. The Bertz CT molecular complexity index is 727. The van der Waals surface area contributed by atoms with Gasteiger partial charge in [-0.05, 0) is 29.8 Å². The second kappa shape index (κ2) is 5.16. The first-order valence-electron chi connectivity index (χ1n) is 6.80. The van der Waals surface area contributed by atoms with E-state index in [1.54, 1.807) is 16.4 Å². The highest BCUT2D eigenvalue weighted by atomic mass is 32.2. The molecule has 1 aliphatic heterocycles. The van der Waals surface area contributed by atoms with Gasteiger partial charge < -0.3 is 5.32 Å². The Labute approximate surface area is 119 Å². The fourth-order valence-corrected chi connectivity index (χ4v) is 4.16. The molecular formula is C15H18N2O2S. The van der Waals surface area contributed by atoms with Crippen LogP contribution in [0.2, 0.25) is 0 Å². The van der Waals surface area contributed by atoms with Gasteiger partial charge >= 0.3 is 0 Å². The van der Waals surface area contributed by atoms with Crippen LogP contribution in [0.1, 0.15) is 6.92 Å². The number of nitrogens with one attached hydrogen (secondary N) is 1. The van der Waals surface area contributed by atoms with Gasteiger partial charge in [0, 0.05) is 25.7 Å². The first-order valence-corrected chi connectivity index (χ1v) is 8.24. The van der Waals surface area contributed by atoms with Crippen LogP contribution < -0.4 is 5.32 Å². The number of benzene rings is 2. The normalized spacial score (nSPS) is 21.1. The third-order valence-electron chi connectivity index (χ3n) is 3.69. The van der Waals surface area contributed by atoms with Crippen LogP contribution in [-0.2, 0) is 10.0 Å². The molecule has 3 rings (SSSR count). The van der Waals surface area contributed by atoms with Gasteiger partial charge in [0.05, 0.1) is 4.90 Å². The van der Waals surface area contributed by atoms with E-state index in [4.69, 9.17) is 0 Å². The summed E-state index contributed by atoms with van der Waals surface area (Å²) in [6.45, 7) is 3.75. The second-order valence-electron chi connectivity index (χ2n) is 5.23. The lowest BCUT2D eigenvalue weighted by atomic mass is 10.1. The van der Waals surface area contributed by atoms with Gasteiger partial charge in [-0.15, -0.1) is 0 Å². The van der Waals surface area contributed by atoms with E-state index in [2.05, 4.69) is 5.32 Å². The molecule has 0 spiro atoms. The molecule has 2 aromatic rings. The van der Waals surface area contributed by atoms with Crippen LogP contribution in [0.3, 0.4) is 0 Å². The van der Waals surface area contributed by atoms with Crippen molar-refractivity contribution in [1.82, 2.24) is 9.62 Å². The molecule has 0 aliphatic carbocycles. The van der Waals surface area contributed by atoms with Crippen LogP contribution in [0.5, 0.6) is 0 Å². The van der Waals surface area contributed by atoms with E-state index in [9.17, 15) is 8.42 Å². The molecular weight excluding hydrogens is 272 g/mol. The van der Waals surface area contributed by atoms with Gasteiger partial charge in [0.25, 0.3) is 0 Å². The summed E-state index contributed by atoms with van der Waals surface area (Å²) in [7, 11) is -3.39. The number of hydrogen-bond donors (Lipinski definition) is 1. The van der Waals surface area contributed by atoms with Crippen molar-refractivity contribution < 1.29 is 8.42 Å². The smallest absolute Gasteiger partial charge is 0.243 e. The molecule has 4 nitrogen and oxygen atoms in total. The Kier molecular flexibility index (Phi) is 3.50. The molecule has 0 aromatic heterocycles. The van der Waals surface area contributed by atoms with Gasteiger partial charge in [0.1, 0.15) is 0 Å². The average molecular weight is 290 g/mol. The van der Waals surface area contributed by atoms with Crippen molar-refractivity contribution in [1.29, 1.82) is 0 Å². The molecule has 1 N–H and O–H groups in total. The zero-order valence-electron chi connectivity index (χ0n) is 11.4. The number of rotatable bonds is 2. The number of piperazine rings is 1. The quantitative estimate of drug-likeness (QED) is 0.918. The van der Waals surface area contributed by atoms with E-state index in [0.29, 0.717) is 24.5 Å². The standard InChI is InChI=1S/C15H18N2O2S/c1-12-11-17(9-8-16-12)20(18,19)15-7-6-13-4-2-3-5-14(13)10-15/h2-7,10,12,16H,8-9,11H2,1H3/t12-/m1/s1. The first kappa shape index (κ1) is 13.5. The van der Waals surface area contributed by atoms with Crippen molar-refractivity contribution in [3.05, 3.63) is 42.5 Å². The van der Waals surface area contributed by atoms with Crippen LogP contribution in [-0.4, -0.2) is 38.4 Å². The highest BCUT2D eigenvalue weighted by Crippen LogP contribution is 2.22. The molecule has 0 amide bonds. The molecule has 0 unspecified atom stereocenters. The van der Waals surface area contributed by atoms with Crippen molar-refractivity contribution in [2.45, 2.75) is 17.9 Å². The summed E-state index contributed by atoms with van der Waals surface area (Å²) in [5.74, 6) is 0. The third kappa shape index (κ3) is 2.44. The highest BCUT2D eigenvalue weighted by molar-refractivity contribution is 7.89. The van der Waals surface area contributed by atoms with Crippen molar-refractivity contribution in [3.63, 3.8) is 0 Å². The molecule has 0 saturated carbocycles. The molecule has 1 heterocycles. The van der Waals surface area contributed by atoms with Gasteiger partial charge in [-0.3, -0.25) is 0 Å². The van der Waals surface area contributed by atoms with Crippen molar-refractivity contribution in [2.75, 3.05) is 19.6 Å². The van der Waals surface area contributed by atoms with Crippen LogP contribution in [0.4, 0.5) is 0 Å². The Morgan fingerprint density at radius 3 is 2.65 bits per heavy atom. The lowest BCUT2D eigenvalue weighted by Crippen LogP contribution is -2.51. The minimum Gasteiger partial charge on any atom is -0.312 e. The Hall–Kier alpha value is -1.43. The minimum absolute atomic E-state index is 0.194. The SMILES string of the molecule is C[C@@H]1CN(S(=O)(=O)c2ccc3ccccc3c2)CCN1. The maximum Gasteiger partial charge on any atom is 0.243 e. The number of hydrogen-bond acceptors (Lipinski definition) is 3. The van der Waals surface area contributed by atoms with E-state index in [0.717, 1.165) is 10.8 Å². The van der Waals surface area contributed by atoms with Crippen LogP contribution in [0, 0.1) is 0 Å². The second-order valence-corrected chi connectivity index (χ2v) is 7.17. The minimum atomic E-state index is -3.39. The van der Waals surface area contributed by atoms with Crippen LogP contribution >= 0.6 is 0 Å². The van der Waals surface area contributed by atoms with E-state index in [1.165, 1.54) is 0 Å². The summed E-state index contributed by atoms with van der Waals surface area (Å²) in [6.07, 6.45) is 0. The third-order valence-corrected chi connectivity index (χ3v) is 5.55. The van der Waals surface area contributed by atoms with Crippen molar-refractivity contribution in [3.8, 4) is 0 Å². The van der Waals surface area contributed by atoms with E-state index in [1.807, 2.05) is 37.3 Å². The summed E-state index contributed by atoms with van der Waals surface area (Å²) in [4.78, 5) is 0.380. The fourth-order valence-electron chi connectivity index (χ4n) is 2.59. The topological polar surface area (TPSA) is 49.4 Å². The number of nitrogens with zero attached hydrogens (tertiary/aromatic N) is 1. The first-order chi connectivity index (χ1) is 9.57. The Balaban J connectivity index is 2.00. The zero-order chi connectivity index (χ0) is 14.2. The fraction of sp³-hybridized carbons (Fsp3) is 0.333.